The Morgan fingerprint density at radius 1 is 0.833 bits per heavy atom. The molecule has 1 aromatic carbocycles. The molecule has 10 nitrogen and oxygen atoms in total. The number of aromatic nitrogens is 1. The molecule has 1 aliphatic rings. The molecule has 1 aliphatic carbocycles. The average Bonchev–Trinajstić information content (AvgIpc) is 2.89. The van der Waals surface area contributed by atoms with Gasteiger partial charge in [-0.1, -0.05) is 36.4 Å². The van der Waals surface area contributed by atoms with Crippen molar-refractivity contribution in [2.45, 2.75) is 82.8 Å². The van der Waals surface area contributed by atoms with Gasteiger partial charge in [-0.2, -0.15) is 0 Å². The molecule has 2 aromatic rings. The van der Waals surface area contributed by atoms with E-state index in [4.69, 9.17) is 19.9 Å². The van der Waals surface area contributed by atoms with Gasteiger partial charge in [0, 0.05) is 12.6 Å². The lowest BCUT2D eigenvalue weighted by atomic mass is 9.82. The Morgan fingerprint density at radius 3 is 1.93 bits per heavy atom. The molecule has 4 N–H and O–H groups in total. The average molecular weight is 579 g/mol. The lowest BCUT2D eigenvalue weighted by molar-refractivity contribution is -0.153. The van der Waals surface area contributed by atoms with Crippen LogP contribution in [0.3, 0.4) is 0 Å². The van der Waals surface area contributed by atoms with Crippen molar-refractivity contribution in [3.8, 4) is 0 Å². The van der Waals surface area contributed by atoms with E-state index in [1.54, 1.807) is 78.1 Å². The van der Waals surface area contributed by atoms with Gasteiger partial charge in [0.2, 0.25) is 0 Å². The molecule has 2 amide bonds. The Kier molecular flexibility index (Phi) is 10.2. The highest BCUT2D eigenvalue weighted by molar-refractivity contribution is 5.91. The number of carbonyl (C=O) groups is 3. The largest absolute Gasteiger partial charge is 0.460 e. The molecule has 1 atom stereocenters. The second-order valence-corrected chi connectivity index (χ2v) is 12.2. The van der Waals surface area contributed by atoms with Gasteiger partial charge in [0.15, 0.2) is 5.54 Å². The monoisotopic (exact) mass is 578 g/mol. The molecule has 0 unspecified atom stereocenters. The zero-order valence-electron chi connectivity index (χ0n) is 25.2. The Morgan fingerprint density at radius 2 is 1.40 bits per heavy atom. The minimum atomic E-state index is -1.75. The van der Waals surface area contributed by atoms with Crippen molar-refractivity contribution in [3.05, 3.63) is 90.3 Å². The summed E-state index contributed by atoms with van der Waals surface area (Å²) >= 11 is 0. The van der Waals surface area contributed by atoms with Gasteiger partial charge >= 0.3 is 18.2 Å². The maximum atomic E-state index is 13.9. The van der Waals surface area contributed by atoms with Gasteiger partial charge in [-0.15, -0.1) is 0 Å². The third-order valence-electron chi connectivity index (χ3n) is 6.13. The molecule has 0 saturated carbocycles. The molecule has 3 rings (SSSR count). The van der Waals surface area contributed by atoms with Crippen molar-refractivity contribution in [2.75, 3.05) is 6.54 Å². The SMILES string of the molecule is CC(C)(C)OC(=O)NC1(C(=O)O[C@H](CCN)Cc2ccccc2)C=CC(NC(=O)OC(C)(C)C)(c2ccccn2)C=C1. The summed E-state index contributed by atoms with van der Waals surface area (Å²) in [5.41, 5.74) is 2.68. The third-order valence-corrected chi connectivity index (χ3v) is 6.13. The predicted octanol–water partition coefficient (Wildman–Crippen LogP) is 4.69. The van der Waals surface area contributed by atoms with Crippen LogP contribution in [-0.2, 0) is 31.0 Å². The van der Waals surface area contributed by atoms with Gasteiger partial charge in [0.25, 0.3) is 0 Å². The highest BCUT2D eigenvalue weighted by Crippen LogP contribution is 2.32. The Hall–Kier alpha value is -4.18. The van der Waals surface area contributed by atoms with Gasteiger partial charge in [0.05, 0.1) is 5.69 Å². The molecule has 0 aliphatic heterocycles. The number of nitrogens with two attached hydrogens (primary N) is 1. The number of hydrogen-bond acceptors (Lipinski definition) is 8. The first kappa shape index (κ1) is 32.3. The second-order valence-electron chi connectivity index (χ2n) is 12.2. The van der Waals surface area contributed by atoms with Crippen LogP contribution in [0.4, 0.5) is 9.59 Å². The van der Waals surface area contributed by atoms with E-state index >= 15 is 0 Å². The highest BCUT2D eigenvalue weighted by atomic mass is 16.6. The topological polar surface area (TPSA) is 142 Å². The summed E-state index contributed by atoms with van der Waals surface area (Å²) in [5.74, 6) is -0.734. The molecular weight excluding hydrogens is 536 g/mol. The first-order valence-corrected chi connectivity index (χ1v) is 13.9. The fraction of sp³-hybridized carbons (Fsp3) is 0.438. The third kappa shape index (κ3) is 9.17. The molecule has 42 heavy (non-hydrogen) atoms. The van der Waals surface area contributed by atoms with Crippen LogP contribution >= 0.6 is 0 Å². The van der Waals surface area contributed by atoms with E-state index in [1.807, 2.05) is 30.3 Å². The van der Waals surface area contributed by atoms with E-state index in [9.17, 15) is 14.4 Å². The van der Waals surface area contributed by atoms with Crippen LogP contribution in [0, 0.1) is 0 Å². The lowest BCUT2D eigenvalue weighted by Crippen LogP contribution is -2.57. The summed E-state index contributed by atoms with van der Waals surface area (Å²) in [4.78, 5) is 44.2. The fourth-order valence-corrected chi connectivity index (χ4v) is 4.29. The minimum absolute atomic E-state index is 0.297. The van der Waals surface area contributed by atoms with Crippen LogP contribution in [0.2, 0.25) is 0 Å². The first-order chi connectivity index (χ1) is 19.7. The molecular formula is C32H42N4O6. The summed E-state index contributed by atoms with van der Waals surface area (Å²) in [6.45, 7) is 10.7. The summed E-state index contributed by atoms with van der Waals surface area (Å²) in [7, 11) is 0. The Labute approximate surface area is 247 Å². The number of ether oxygens (including phenoxy) is 3. The number of benzene rings is 1. The maximum Gasteiger partial charge on any atom is 0.409 e. The number of rotatable bonds is 9. The van der Waals surface area contributed by atoms with Gasteiger partial charge in [-0.3, -0.25) is 10.3 Å². The number of amides is 2. The maximum absolute atomic E-state index is 13.9. The molecule has 1 aromatic heterocycles. The van der Waals surface area contributed by atoms with Gasteiger partial charge in [0.1, 0.15) is 22.8 Å². The minimum Gasteiger partial charge on any atom is -0.460 e. The van der Waals surface area contributed by atoms with Crippen molar-refractivity contribution in [1.82, 2.24) is 15.6 Å². The zero-order chi connectivity index (χ0) is 31.0. The molecule has 1 heterocycles. The normalized spacial score (nSPS) is 20.7. The summed E-state index contributed by atoms with van der Waals surface area (Å²) in [6, 6.07) is 14.9. The summed E-state index contributed by atoms with van der Waals surface area (Å²) in [5, 5.41) is 5.53. The lowest BCUT2D eigenvalue weighted by Gasteiger charge is -2.37. The van der Waals surface area contributed by atoms with E-state index in [2.05, 4.69) is 15.6 Å². The number of pyridine rings is 1. The standard InChI is InChI=1S/C32H42N4O6/c1-29(2,3)41-27(38)35-31(25-14-10-11-21-34-25)16-18-32(19-17-31,36-28(39)42-30(4,5)6)26(37)40-24(15-20-33)22-23-12-8-7-9-13-23/h7-14,16-19,21,24H,15,20,22,33H2,1-6H3,(H,35,38)(H,36,39)/t24-,31?,32?/m1/s1. The predicted molar refractivity (Wildman–Crippen MR) is 159 cm³/mol. The first-order valence-electron chi connectivity index (χ1n) is 13.9. The number of alkyl carbamates (subject to hydrolysis) is 2. The van der Waals surface area contributed by atoms with Crippen LogP contribution in [0.5, 0.6) is 0 Å². The molecule has 226 valence electrons. The number of hydrogen-bond donors (Lipinski definition) is 3. The summed E-state index contributed by atoms with van der Waals surface area (Å²) in [6.07, 6.45) is 6.46. The molecule has 0 saturated heterocycles. The highest BCUT2D eigenvalue weighted by Gasteiger charge is 2.45. The second kappa shape index (κ2) is 13.2. The number of carbonyl (C=O) groups excluding carboxylic acids is 3. The van der Waals surface area contributed by atoms with Crippen molar-refractivity contribution in [3.63, 3.8) is 0 Å². The number of esters is 1. The van der Waals surface area contributed by atoms with Crippen LogP contribution < -0.4 is 16.4 Å². The van der Waals surface area contributed by atoms with Crippen molar-refractivity contribution >= 4 is 18.2 Å². The van der Waals surface area contributed by atoms with Gasteiger partial charge in [-0.25, -0.2) is 14.4 Å². The molecule has 10 heteroatoms. The zero-order valence-corrected chi connectivity index (χ0v) is 25.2. The molecule has 0 fully saturated rings. The van der Waals surface area contributed by atoms with Crippen molar-refractivity contribution < 1.29 is 28.6 Å². The van der Waals surface area contributed by atoms with E-state index in [0.29, 0.717) is 25.1 Å². The number of nitrogens with one attached hydrogen (secondary N) is 2. The summed E-state index contributed by atoms with van der Waals surface area (Å²) < 4.78 is 16.9. The molecule has 0 bridgehead atoms. The van der Waals surface area contributed by atoms with Gasteiger partial charge < -0.3 is 25.3 Å². The smallest absolute Gasteiger partial charge is 0.409 e. The number of nitrogens with zero attached hydrogens (tertiary/aromatic N) is 1. The van der Waals surface area contributed by atoms with Crippen molar-refractivity contribution in [2.24, 2.45) is 5.73 Å². The molecule has 0 radical (unpaired) electrons. The van der Waals surface area contributed by atoms with E-state index in [1.165, 1.54) is 12.2 Å². The van der Waals surface area contributed by atoms with Crippen LogP contribution in [0.15, 0.2) is 79.0 Å². The quantitative estimate of drug-likeness (QED) is 0.221. The van der Waals surface area contributed by atoms with E-state index in [-0.39, 0.29) is 0 Å². The Balaban J connectivity index is 1.99. The Bertz CT molecular complexity index is 1270. The van der Waals surface area contributed by atoms with Crippen LogP contribution in [0.25, 0.3) is 0 Å². The van der Waals surface area contributed by atoms with Crippen LogP contribution in [0.1, 0.15) is 59.2 Å². The van der Waals surface area contributed by atoms with Crippen molar-refractivity contribution in [1.29, 1.82) is 0 Å². The van der Waals surface area contributed by atoms with E-state index in [0.717, 1.165) is 5.56 Å². The van der Waals surface area contributed by atoms with Crippen LogP contribution in [-0.4, -0.2) is 52.5 Å². The molecule has 0 spiro atoms. The van der Waals surface area contributed by atoms with Gasteiger partial charge in [-0.05, 0) is 96.5 Å². The fourth-order valence-electron chi connectivity index (χ4n) is 4.29. The van der Waals surface area contributed by atoms with E-state index < -0.39 is 46.5 Å².